The highest BCUT2D eigenvalue weighted by molar-refractivity contribution is 5.93. The lowest BCUT2D eigenvalue weighted by atomic mass is 9.97. The number of aryl methyl sites for hydroxylation is 1. The van der Waals surface area contributed by atoms with Gasteiger partial charge in [-0.15, -0.1) is 0 Å². The van der Waals surface area contributed by atoms with Gasteiger partial charge in [-0.3, -0.25) is 4.79 Å². The quantitative estimate of drug-likeness (QED) is 0.821. The topological polar surface area (TPSA) is 60.0 Å². The molecule has 0 atom stereocenters. The molecule has 3 N–H and O–H groups in total. The highest BCUT2D eigenvalue weighted by atomic mass is 16.1. The predicted octanol–water partition coefficient (Wildman–Crippen LogP) is 1.87. The van der Waals surface area contributed by atoms with Crippen LogP contribution >= 0.6 is 0 Å². The monoisotopic (exact) mass is 223 g/mol. The smallest absolute Gasteiger partial charge is 0.268 e. The number of nitrogens with two attached hydrogens (primary N) is 1. The largest absolute Gasteiger partial charge is 0.397 e. The average molecular weight is 223 g/mol. The van der Waals surface area contributed by atoms with Crippen molar-refractivity contribution in [2.24, 2.45) is 5.41 Å². The van der Waals surface area contributed by atoms with Gasteiger partial charge in [-0.05, 0) is 18.4 Å². The highest BCUT2D eigenvalue weighted by Crippen LogP contribution is 2.13. The van der Waals surface area contributed by atoms with Crippen LogP contribution in [0.25, 0.3) is 0 Å². The molecule has 4 heteroatoms. The maximum Gasteiger partial charge on any atom is 0.268 e. The first kappa shape index (κ1) is 12.6. The first-order valence-corrected chi connectivity index (χ1v) is 5.57. The number of nitrogen functional groups attached to an aromatic ring is 1. The van der Waals surface area contributed by atoms with Crippen LogP contribution in [0.2, 0.25) is 0 Å². The molecule has 0 unspecified atom stereocenters. The average Bonchev–Trinajstić information content (AvgIpc) is 2.55. The van der Waals surface area contributed by atoms with Crippen LogP contribution in [0.5, 0.6) is 0 Å². The Hall–Kier alpha value is -1.45. The van der Waals surface area contributed by atoms with Gasteiger partial charge in [0.2, 0.25) is 0 Å². The zero-order valence-corrected chi connectivity index (χ0v) is 10.5. The molecule has 0 spiro atoms. The van der Waals surface area contributed by atoms with Crippen molar-refractivity contribution in [3.05, 3.63) is 18.0 Å². The minimum atomic E-state index is -0.0616. The van der Waals surface area contributed by atoms with Crippen molar-refractivity contribution in [2.75, 3.05) is 12.3 Å². The van der Waals surface area contributed by atoms with E-state index in [0.29, 0.717) is 17.9 Å². The predicted molar refractivity (Wildman–Crippen MR) is 66.3 cm³/mol. The van der Waals surface area contributed by atoms with Crippen LogP contribution in [0.3, 0.4) is 0 Å². The molecule has 0 aromatic carbocycles. The summed E-state index contributed by atoms with van der Waals surface area (Å²) >= 11 is 0. The highest BCUT2D eigenvalue weighted by Gasteiger charge is 2.15. The number of carbonyl (C=O) groups is 1. The van der Waals surface area contributed by atoms with Gasteiger partial charge in [0, 0.05) is 19.3 Å². The van der Waals surface area contributed by atoms with Gasteiger partial charge in [-0.25, -0.2) is 0 Å². The van der Waals surface area contributed by atoms with E-state index < -0.39 is 0 Å². The first-order chi connectivity index (χ1) is 7.33. The van der Waals surface area contributed by atoms with E-state index in [9.17, 15) is 4.79 Å². The molecule has 90 valence electrons. The molecule has 16 heavy (non-hydrogen) atoms. The normalized spacial score (nSPS) is 11.5. The number of aromatic nitrogens is 1. The van der Waals surface area contributed by atoms with E-state index >= 15 is 0 Å². The third kappa shape index (κ3) is 3.29. The standard InChI is InChI=1S/C12H21N3O/c1-5-15-7-9(13)6-10(15)11(16)14-8-12(2,3)4/h6-7H,5,8,13H2,1-4H3,(H,14,16). The lowest BCUT2D eigenvalue weighted by molar-refractivity contribution is 0.0930. The molecule has 1 heterocycles. The molecule has 0 radical (unpaired) electrons. The van der Waals surface area contributed by atoms with Crippen molar-refractivity contribution in [3.63, 3.8) is 0 Å². The Morgan fingerprint density at radius 3 is 2.62 bits per heavy atom. The van der Waals surface area contributed by atoms with Gasteiger partial charge >= 0.3 is 0 Å². The number of anilines is 1. The second-order valence-corrected chi connectivity index (χ2v) is 5.19. The number of hydrogen-bond acceptors (Lipinski definition) is 2. The summed E-state index contributed by atoms with van der Waals surface area (Å²) in [6.07, 6.45) is 1.78. The second kappa shape index (κ2) is 4.60. The van der Waals surface area contributed by atoms with E-state index in [1.54, 1.807) is 12.3 Å². The van der Waals surface area contributed by atoms with Crippen LogP contribution in [0, 0.1) is 5.41 Å². The van der Waals surface area contributed by atoms with Gasteiger partial charge in [0.05, 0.1) is 5.69 Å². The summed E-state index contributed by atoms with van der Waals surface area (Å²) in [5, 5.41) is 2.91. The molecule has 0 aliphatic rings. The van der Waals surface area contributed by atoms with Crippen molar-refractivity contribution >= 4 is 11.6 Å². The number of rotatable bonds is 3. The first-order valence-electron chi connectivity index (χ1n) is 5.57. The minimum absolute atomic E-state index is 0.0616. The summed E-state index contributed by atoms with van der Waals surface area (Å²) in [6, 6.07) is 1.71. The second-order valence-electron chi connectivity index (χ2n) is 5.19. The summed E-state index contributed by atoms with van der Waals surface area (Å²) < 4.78 is 1.85. The summed E-state index contributed by atoms with van der Waals surface area (Å²) in [6.45, 7) is 9.64. The molecule has 1 rings (SSSR count). The van der Waals surface area contributed by atoms with E-state index in [0.717, 1.165) is 6.54 Å². The fourth-order valence-corrected chi connectivity index (χ4v) is 1.42. The molecule has 0 fully saturated rings. The van der Waals surface area contributed by atoms with Crippen LogP contribution in [0.1, 0.15) is 38.2 Å². The number of nitrogens with zero attached hydrogens (tertiary/aromatic N) is 1. The van der Waals surface area contributed by atoms with E-state index in [-0.39, 0.29) is 11.3 Å². The number of amides is 1. The van der Waals surface area contributed by atoms with Gasteiger partial charge < -0.3 is 15.6 Å². The lowest BCUT2D eigenvalue weighted by Gasteiger charge is -2.18. The SMILES string of the molecule is CCn1cc(N)cc1C(=O)NCC(C)(C)C. The molecule has 1 amide bonds. The fraction of sp³-hybridized carbons (Fsp3) is 0.583. The molecule has 0 saturated heterocycles. The Balaban J connectivity index is 2.73. The third-order valence-corrected chi connectivity index (χ3v) is 2.27. The lowest BCUT2D eigenvalue weighted by Crippen LogP contribution is -2.33. The molecular formula is C12H21N3O. The Morgan fingerprint density at radius 2 is 2.12 bits per heavy atom. The van der Waals surface area contributed by atoms with Crippen molar-refractivity contribution in [3.8, 4) is 0 Å². The van der Waals surface area contributed by atoms with Crippen LogP contribution in [-0.2, 0) is 6.54 Å². The van der Waals surface area contributed by atoms with Crippen molar-refractivity contribution in [1.29, 1.82) is 0 Å². The summed E-state index contributed by atoms with van der Waals surface area (Å²) in [7, 11) is 0. The molecule has 0 saturated carbocycles. The molecule has 0 aliphatic heterocycles. The molecule has 1 aromatic heterocycles. The van der Waals surface area contributed by atoms with Gasteiger partial charge in [0.1, 0.15) is 5.69 Å². The number of hydrogen-bond donors (Lipinski definition) is 2. The summed E-state index contributed by atoms with van der Waals surface area (Å²) in [5.74, 6) is -0.0616. The molecule has 0 aliphatic carbocycles. The van der Waals surface area contributed by atoms with E-state index in [1.165, 1.54) is 0 Å². The Morgan fingerprint density at radius 1 is 1.50 bits per heavy atom. The third-order valence-electron chi connectivity index (χ3n) is 2.27. The van der Waals surface area contributed by atoms with E-state index in [1.807, 2.05) is 11.5 Å². The summed E-state index contributed by atoms with van der Waals surface area (Å²) in [5.41, 5.74) is 7.02. The van der Waals surface area contributed by atoms with Crippen LogP contribution in [0.4, 0.5) is 5.69 Å². The van der Waals surface area contributed by atoms with Gasteiger partial charge in [-0.2, -0.15) is 0 Å². The van der Waals surface area contributed by atoms with Gasteiger partial charge in [0.15, 0.2) is 0 Å². The van der Waals surface area contributed by atoms with Crippen molar-refractivity contribution in [1.82, 2.24) is 9.88 Å². The van der Waals surface area contributed by atoms with Crippen LogP contribution in [-0.4, -0.2) is 17.0 Å². The maximum atomic E-state index is 11.9. The van der Waals surface area contributed by atoms with Crippen molar-refractivity contribution in [2.45, 2.75) is 34.2 Å². The van der Waals surface area contributed by atoms with Crippen molar-refractivity contribution < 1.29 is 4.79 Å². The van der Waals surface area contributed by atoms with Crippen LogP contribution in [0.15, 0.2) is 12.3 Å². The van der Waals surface area contributed by atoms with Gasteiger partial charge in [-0.1, -0.05) is 20.8 Å². The zero-order chi connectivity index (χ0) is 12.3. The molecule has 0 bridgehead atoms. The Kier molecular flexibility index (Phi) is 3.62. The maximum absolute atomic E-state index is 11.9. The molecule has 1 aromatic rings. The number of carbonyl (C=O) groups excluding carboxylic acids is 1. The Labute approximate surface area is 96.8 Å². The fourth-order valence-electron chi connectivity index (χ4n) is 1.42. The van der Waals surface area contributed by atoms with Gasteiger partial charge in [0.25, 0.3) is 5.91 Å². The summed E-state index contributed by atoms with van der Waals surface area (Å²) in [4.78, 5) is 11.9. The van der Waals surface area contributed by atoms with Crippen LogP contribution < -0.4 is 11.1 Å². The molecular weight excluding hydrogens is 202 g/mol. The zero-order valence-electron chi connectivity index (χ0n) is 10.5. The van der Waals surface area contributed by atoms with E-state index in [4.69, 9.17) is 5.73 Å². The Bertz CT molecular complexity index is 374. The minimum Gasteiger partial charge on any atom is -0.397 e. The van der Waals surface area contributed by atoms with E-state index in [2.05, 4.69) is 26.1 Å². The molecule has 4 nitrogen and oxygen atoms in total. The number of nitrogens with one attached hydrogen (secondary N) is 1.